The van der Waals surface area contributed by atoms with Crippen molar-refractivity contribution in [2.45, 2.75) is 25.5 Å². The Balaban J connectivity index is 1.51. The second-order valence-corrected chi connectivity index (χ2v) is 6.15. The SMILES string of the molecule is O[C@@H](CN1CCC(Cn2cccn2)CC1)c1cc(F)ccc1F. The Kier molecular flexibility index (Phi) is 5.03. The average Bonchev–Trinajstić information content (AvgIpc) is 3.04. The fraction of sp³-hybridized carbons (Fsp3) is 0.471. The minimum Gasteiger partial charge on any atom is -0.387 e. The number of piperidine rings is 1. The Hall–Kier alpha value is -1.79. The molecule has 4 nitrogen and oxygen atoms in total. The maximum atomic E-state index is 13.7. The van der Waals surface area contributed by atoms with E-state index in [0.29, 0.717) is 12.5 Å². The van der Waals surface area contributed by atoms with Gasteiger partial charge >= 0.3 is 0 Å². The number of rotatable bonds is 5. The summed E-state index contributed by atoms with van der Waals surface area (Å²) in [5.41, 5.74) is 0.0312. The Morgan fingerprint density at radius 2 is 2.04 bits per heavy atom. The number of hydrogen-bond donors (Lipinski definition) is 1. The van der Waals surface area contributed by atoms with E-state index in [1.54, 1.807) is 6.20 Å². The van der Waals surface area contributed by atoms with Crippen molar-refractivity contribution < 1.29 is 13.9 Å². The van der Waals surface area contributed by atoms with Crippen LogP contribution in [-0.4, -0.2) is 39.4 Å². The molecule has 0 amide bonds. The third-order valence-corrected chi connectivity index (χ3v) is 4.46. The summed E-state index contributed by atoms with van der Waals surface area (Å²) in [7, 11) is 0. The lowest BCUT2D eigenvalue weighted by Gasteiger charge is -2.33. The smallest absolute Gasteiger partial charge is 0.129 e. The van der Waals surface area contributed by atoms with E-state index >= 15 is 0 Å². The van der Waals surface area contributed by atoms with Crippen molar-refractivity contribution in [3.63, 3.8) is 0 Å². The summed E-state index contributed by atoms with van der Waals surface area (Å²) in [5, 5.41) is 14.4. The maximum absolute atomic E-state index is 13.7. The second kappa shape index (κ2) is 7.19. The van der Waals surface area contributed by atoms with Gasteiger partial charge in [0.05, 0.1) is 6.10 Å². The largest absolute Gasteiger partial charge is 0.387 e. The number of likely N-dealkylation sites (tertiary alicyclic amines) is 1. The summed E-state index contributed by atoms with van der Waals surface area (Å²) in [6.07, 6.45) is 4.76. The standard InChI is InChI=1S/C17H21F2N3O/c18-14-2-3-16(19)15(10-14)17(23)12-21-8-4-13(5-9-21)11-22-7-1-6-20-22/h1-3,6-7,10,13,17,23H,4-5,8-9,11-12H2/t17-/m0/s1. The van der Waals surface area contributed by atoms with Gasteiger partial charge in [-0.05, 0) is 56.1 Å². The van der Waals surface area contributed by atoms with Gasteiger partial charge in [-0.1, -0.05) is 0 Å². The quantitative estimate of drug-likeness (QED) is 0.920. The van der Waals surface area contributed by atoms with Crippen LogP contribution < -0.4 is 0 Å². The van der Waals surface area contributed by atoms with Gasteiger partial charge in [-0.3, -0.25) is 4.68 Å². The van der Waals surface area contributed by atoms with Crippen LogP contribution in [0.5, 0.6) is 0 Å². The van der Waals surface area contributed by atoms with Crippen molar-refractivity contribution in [3.8, 4) is 0 Å². The molecular weight excluding hydrogens is 300 g/mol. The van der Waals surface area contributed by atoms with Crippen molar-refractivity contribution in [2.24, 2.45) is 5.92 Å². The predicted molar refractivity (Wildman–Crippen MR) is 82.7 cm³/mol. The fourth-order valence-electron chi connectivity index (χ4n) is 3.14. The molecule has 0 aliphatic carbocycles. The number of aliphatic hydroxyl groups is 1. The molecule has 0 bridgehead atoms. The van der Waals surface area contributed by atoms with Gasteiger partial charge in [0.1, 0.15) is 11.6 Å². The minimum atomic E-state index is -1.01. The lowest BCUT2D eigenvalue weighted by atomic mass is 9.96. The molecule has 1 N–H and O–H groups in total. The molecule has 1 atom stereocenters. The Morgan fingerprint density at radius 3 is 2.74 bits per heavy atom. The molecule has 124 valence electrons. The molecule has 1 saturated heterocycles. The highest BCUT2D eigenvalue weighted by atomic mass is 19.1. The highest BCUT2D eigenvalue weighted by Crippen LogP contribution is 2.23. The van der Waals surface area contributed by atoms with Crippen LogP contribution in [0.15, 0.2) is 36.7 Å². The monoisotopic (exact) mass is 321 g/mol. The van der Waals surface area contributed by atoms with Gasteiger partial charge in [-0.15, -0.1) is 0 Å². The number of aliphatic hydroxyl groups excluding tert-OH is 1. The molecule has 1 aliphatic heterocycles. The van der Waals surface area contributed by atoms with Gasteiger partial charge in [0.2, 0.25) is 0 Å². The van der Waals surface area contributed by atoms with E-state index in [9.17, 15) is 13.9 Å². The Bertz CT molecular complexity index is 625. The molecular formula is C17H21F2N3O. The molecule has 1 aliphatic rings. The lowest BCUT2D eigenvalue weighted by Crippen LogP contribution is -2.37. The van der Waals surface area contributed by atoms with Crippen LogP contribution in [0, 0.1) is 17.6 Å². The molecule has 3 rings (SSSR count). The molecule has 0 radical (unpaired) electrons. The highest BCUT2D eigenvalue weighted by molar-refractivity contribution is 5.21. The lowest BCUT2D eigenvalue weighted by molar-refractivity contribution is 0.0837. The topological polar surface area (TPSA) is 41.3 Å². The molecule has 0 spiro atoms. The number of β-amino-alcohol motifs (C(OH)–C–C–N with tert-alkyl or cyclic N) is 1. The van der Waals surface area contributed by atoms with Gasteiger partial charge in [-0.2, -0.15) is 5.10 Å². The minimum absolute atomic E-state index is 0.0312. The first kappa shape index (κ1) is 16.1. The van der Waals surface area contributed by atoms with Crippen molar-refractivity contribution >= 4 is 0 Å². The number of hydrogen-bond acceptors (Lipinski definition) is 3. The summed E-state index contributed by atoms with van der Waals surface area (Å²) >= 11 is 0. The van der Waals surface area contributed by atoms with E-state index < -0.39 is 17.7 Å². The van der Waals surface area contributed by atoms with Crippen LogP contribution >= 0.6 is 0 Å². The van der Waals surface area contributed by atoms with Crippen molar-refractivity contribution in [2.75, 3.05) is 19.6 Å². The van der Waals surface area contributed by atoms with Crippen LogP contribution in [0.25, 0.3) is 0 Å². The third kappa shape index (κ3) is 4.14. The van der Waals surface area contributed by atoms with Crippen LogP contribution in [0.2, 0.25) is 0 Å². The van der Waals surface area contributed by atoms with Gasteiger partial charge in [0.25, 0.3) is 0 Å². The first-order chi connectivity index (χ1) is 11.1. The maximum Gasteiger partial charge on any atom is 0.129 e. The molecule has 2 heterocycles. The molecule has 1 fully saturated rings. The number of nitrogens with zero attached hydrogens (tertiary/aromatic N) is 3. The Labute approximate surface area is 134 Å². The zero-order valence-electron chi connectivity index (χ0n) is 12.9. The summed E-state index contributed by atoms with van der Waals surface area (Å²) < 4.78 is 28.9. The summed E-state index contributed by atoms with van der Waals surface area (Å²) in [6.45, 7) is 2.93. The van der Waals surface area contributed by atoms with Crippen molar-refractivity contribution in [1.29, 1.82) is 0 Å². The van der Waals surface area contributed by atoms with E-state index in [0.717, 1.165) is 50.7 Å². The number of benzene rings is 1. The molecule has 1 aromatic carbocycles. The van der Waals surface area contributed by atoms with E-state index in [1.165, 1.54) is 0 Å². The van der Waals surface area contributed by atoms with E-state index in [2.05, 4.69) is 10.00 Å². The van der Waals surface area contributed by atoms with Crippen molar-refractivity contribution in [1.82, 2.24) is 14.7 Å². The number of aromatic nitrogens is 2. The molecule has 0 unspecified atom stereocenters. The van der Waals surface area contributed by atoms with Gasteiger partial charge in [0.15, 0.2) is 0 Å². The normalized spacial score (nSPS) is 18.2. The first-order valence-electron chi connectivity index (χ1n) is 7.94. The molecule has 23 heavy (non-hydrogen) atoms. The van der Waals surface area contributed by atoms with Gasteiger partial charge < -0.3 is 10.0 Å². The molecule has 2 aromatic rings. The molecule has 6 heteroatoms. The number of halogens is 2. The third-order valence-electron chi connectivity index (χ3n) is 4.46. The van der Waals surface area contributed by atoms with Crippen LogP contribution in [0.4, 0.5) is 8.78 Å². The van der Waals surface area contributed by atoms with Gasteiger partial charge in [-0.25, -0.2) is 8.78 Å². The zero-order valence-corrected chi connectivity index (χ0v) is 12.9. The molecule has 0 saturated carbocycles. The average molecular weight is 321 g/mol. The summed E-state index contributed by atoms with van der Waals surface area (Å²) in [6, 6.07) is 5.11. The van der Waals surface area contributed by atoms with Crippen LogP contribution in [0.1, 0.15) is 24.5 Å². The fourth-order valence-corrected chi connectivity index (χ4v) is 3.14. The zero-order chi connectivity index (χ0) is 16.2. The summed E-state index contributed by atoms with van der Waals surface area (Å²) in [5.74, 6) is -0.528. The van der Waals surface area contributed by atoms with Crippen LogP contribution in [0.3, 0.4) is 0 Å². The highest BCUT2D eigenvalue weighted by Gasteiger charge is 2.23. The Morgan fingerprint density at radius 1 is 1.26 bits per heavy atom. The first-order valence-corrected chi connectivity index (χ1v) is 7.94. The summed E-state index contributed by atoms with van der Waals surface area (Å²) in [4.78, 5) is 2.11. The predicted octanol–water partition coefficient (Wildman–Crippen LogP) is 2.61. The molecule has 1 aromatic heterocycles. The van der Waals surface area contributed by atoms with Gasteiger partial charge in [0, 0.05) is 31.0 Å². The van der Waals surface area contributed by atoms with Crippen molar-refractivity contribution in [3.05, 3.63) is 53.9 Å². The van der Waals surface area contributed by atoms with E-state index in [1.807, 2.05) is 16.9 Å². The second-order valence-electron chi connectivity index (χ2n) is 6.15. The van der Waals surface area contributed by atoms with E-state index in [-0.39, 0.29) is 5.56 Å². The van der Waals surface area contributed by atoms with E-state index in [4.69, 9.17) is 0 Å². The van der Waals surface area contributed by atoms with Crippen LogP contribution in [-0.2, 0) is 6.54 Å².